The fraction of sp³-hybridized carbons (Fsp3) is 0.508. The molecule has 6 aromatic rings. The standard InChI is InChI=1S/C61H71FN12O6/c1-36(2)72-35-63-48-33-47(66-55(54(48)72)65-45-11-6-5-10-44(45)62)38-16-19-43-51(30-38)73(42-31-41(32-42)69-25-7-4-8-26-69)59(79)61(43)23-28-70(29-24-61)58(78)39-22-27-71(34-39)57(77)37-14-17-40(18-15-37)64-46-12-9-13-49-53(46)68(3)60(80)74(49)50-20-21-52(75)67-56(50)76/h5-6,9-13,16,19,30,33,35-37,39-42,50,64H,4,7-8,14-15,17-18,20-29,31-32,34H2,1-3H3,(H,65,66)(H,67,75,76)/t37-,39-,40-,41-,42+,50?/m1/s1. The molecule has 1 spiro atoms. The van der Waals surface area contributed by atoms with Gasteiger partial charge < -0.3 is 34.8 Å². The largest absolute Gasteiger partial charge is 0.381 e. The van der Waals surface area contributed by atoms with Crippen molar-refractivity contribution in [1.82, 2.24) is 43.7 Å². The number of aromatic nitrogens is 5. The number of hydrogen-bond acceptors (Lipinski definition) is 11. The number of aryl methyl sites for hydroxylation is 1. The molecule has 418 valence electrons. The molecule has 3 aromatic heterocycles. The van der Waals surface area contributed by atoms with Crippen LogP contribution in [0.3, 0.4) is 0 Å². The number of amides is 5. The first kappa shape index (κ1) is 52.0. The molecule has 13 rings (SSSR count). The number of benzene rings is 3. The molecule has 4 saturated heterocycles. The number of rotatable bonds is 11. The molecule has 2 atom stereocenters. The summed E-state index contributed by atoms with van der Waals surface area (Å²) >= 11 is 0. The number of fused-ring (bicyclic) bond motifs is 4. The lowest BCUT2D eigenvalue weighted by Crippen LogP contribution is -2.58. The van der Waals surface area contributed by atoms with Crippen LogP contribution in [0.2, 0.25) is 0 Å². The SMILES string of the molecule is CC(C)n1cnc2cc(-c3ccc4c(c3)N([C@H]3C[C@@H](N5CCCCC5)C3)C(=O)C43CCN(C(=O)[C@@H]4CCN(C(=O)[C@H]5CC[C@H](Nc6cccc7c6n(C)c(=O)n7C6CCC(=O)NC6=O)CC5)C4)CC3)nc(Nc3ccccc3F)c21. The van der Waals surface area contributed by atoms with Crippen molar-refractivity contribution in [3.63, 3.8) is 0 Å². The smallest absolute Gasteiger partial charge is 0.329 e. The fourth-order valence-corrected chi connectivity index (χ4v) is 14.6. The van der Waals surface area contributed by atoms with Crippen molar-refractivity contribution in [1.29, 1.82) is 0 Å². The van der Waals surface area contributed by atoms with Gasteiger partial charge in [-0.15, -0.1) is 0 Å². The number of anilines is 4. The van der Waals surface area contributed by atoms with E-state index in [4.69, 9.17) is 9.97 Å². The summed E-state index contributed by atoms with van der Waals surface area (Å²) in [6.45, 7) is 8.20. The van der Waals surface area contributed by atoms with Gasteiger partial charge in [-0.2, -0.15) is 0 Å². The zero-order chi connectivity index (χ0) is 55.1. The van der Waals surface area contributed by atoms with Crippen LogP contribution >= 0.6 is 0 Å². The molecule has 5 aliphatic heterocycles. The third-order valence-electron chi connectivity index (χ3n) is 19.1. The van der Waals surface area contributed by atoms with Crippen LogP contribution in [-0.2, 0) is 36.4 Å². The summed E-state index contributed by atoms with van der Waals surface area (Å²) in [4.78, 5) is 101. The van der Waals surface area contributed by atoms with Crippen molar-refractivity contribution < 1.29 is 28.4 Å². The number of piperidine rings is 3. The quantitative estimate of drug-likeness (QED) is 0.107. The summed E-state index contributed by atoms with van der Waals surface area (Å²) in [5.41, 5.74) is 6.23. The third kappa shape index (κ3) is 8.94. The minimum Gasteiger partial charge on any atom is -0.381 e. The normalized spacial score (nSPS) is 25.2. The van der Waals surface area contributed by atoms with Gasteiger partial charge >= 0.3 is 5.69 Å². The molecular formula is C61H71FN12O6. The Labute approximate surface area is 464 Å². The molecule has 3 aromatic carbocycles. The van der Waals surface area contributed by atoms with Crippen molar-refractivity contribution in [3.05, 3.63) is 94.9 Å². The van der Waals surface area contributed by atoms with E-state index in [9.17, 15) is 24.0 Å². The van der Waals surface area contributed by atoms with Crippen molar-refractivity contribution in [2.24, 2.45) is 18.9 Å². The second-order valence-electron chi connectivity index (χ2n) is 24.1. The van der Waals surface area contributed by atoms with Crippen molar-refractivity contribution in [3.8, 4) is 11.3 Å². The number of nitrogens with zero attached hydrogens (tertiary/aromatic N) is 9. The Bertz CT molecular complexity index is 3520. The van der Waals surface area contributed by atoms with Crippen LogP contribution < -0.4 is 26.5 Å². The summed E-state index contributed by atoms with van der Waals surface area (Å²) in [6, 6.07) is 20.4. The number of imidazole rings is 2. The van der Waals surface area contributed by atoms with Gasteiger partial charge in [0.2, 0.25) is 29.5 Å². The van der Waals surface area contributed by atoms with Crippen molar-refractivity contribution in [2.75, 3.05) is 54.8 Å². The van der Waals surface area contributed by atoms with Gasteiger partial charge in [0.1, 0.15) is 17.4 Å². The molecule has 0 radical (unpaired) electrons. The molecule has 18 nitrogen and oxygen atoms in total. The van der Waals surface area contributed by atoms with Crippen LogP contribution in [0.5, 0.6) is 0 Å². The van der Waals surface area contributed by atoms with Crippen molar-refractivity contribution in [2.45, 2.75) is 139 Å². The van der Waals surface area contributed by atoms with Crippen LogP contribution in [0.1, 0.15) is 121 Å². The maximum atomic E-state index is 15.4. The summed E-state index contributed by atoms with van der Waals surface area (Å²) in [6.07, 6.45) is 12.3. The van der Waals surface area contributed by atoms with Crippen LogP contribution in [0, 0.1) is 17.7 Å². The first-order valence-electron chi connectivity index (χ1n) is 29.2. The van der Waals surface area contributed by atoms with E-state index in [0.29, 0.717) is 92.6 Å². The highest BCUT2D eigenvalue weighted by Crippen LogP contribution is 2.52. The van der Waals surface area contributed by atoms with Gasteiger partial charge in [-0.25, -0.2) is 19.2 Å². The van der Waals surface area contributed by atoms with E-state index in [1.807, 2.05) is 38.6 Å². The number of likely N-dealkylation sites (tertiary alicyclic amines) is 3. The minimum absolute atomic E-state index is 0.0560. The first-order valence-corrected chi connectivity index (χ1v) is 29.2. The van der Waals surface area contributed by atoms with E-state index in [1.165, 1.54) is 29.9 Å². The van der Waals surface area contributed by atoms with Gasteiger partial charge in [-0.3, -0.25) is 38.4 Å². The number of pyridine rings is 1. The molecule has 0 bridgehead atoms. The molecule has 1 unspecified atom stereocenters. The summed E-state index contributed by atoms with van der Waals surface area (Å²) in [5, 5.41) is 9.31. The minimum atomic E-state index is -0.777. The molecule has 6 fully saturated rings. The lowest BCUT2D eigenvalue weighted by Gasteiger charge is -2.48. The summed E-state index contributed by atoms with van der Waals surface area (Å²) in [7, 11) is 1.69. The van der Waals surface area contributed by atoms with Crippen LogP contribution in [0.4, 0.5) is 27.3 Å². The Hall–Kier alpha value is -7.41. The highest BCUT2D eigenvalue weighted by molar-refractivity contribution is 6.10. The van der Waals surface area contributed by atoms with Crippen LogP contribution in [0.25, 0.3) is 33.3 Å². The van der Waals surface area contributed by atoms with Gasteiger partial charge in [0.05, 0.1) is 51.3 Å². The second-order valence-corrected chi connectivity index (χ2v) is 24.1. The van der Waals surface area contributed by atoms with Gasteiger partial charge in [-0.1, -0.05) is 36.8 Å². The van der Waals surface area contributed by atoms with E-state index in [2.05, 4.69) is 57.8 Å². The molecule has 8 heterocycles. The highest BCUT2D eigenvalue weighted by atomic mass is 19.1. The summed E-state index contributed by atoms with van der Waals surface area (Å²) < 4.78 is 20.2. The molecule has 2 saturated carbocycles. The number of halogens is 1. The molecule has 7 aliphatic rings. The number of carbonyl (C=O) groups is 5. The van der Waals surface area contributed by atoms with Crippen LogP contribution in [-0.4, -0.2) is 125 Å². The average Bonchev–Trinajstić information content (AvgIpc) is 4.32. The molecule has 19 heteroatoms. The molecule has 5 amide bonds. The number of hydrogen-bond donors (Lipinski definition) is 3. The first-order chi connectivity index (χ1) is 38.7. The Morgan fingerprint density at radius 1 is 0.775 bits per heavy atom. The predicted octanol–water partition coefficient (Wildman–Crippen LogP) is 7.94. The van der Waals surface area contributed by atoms with E-state index < -0.39 is 17.4 Å². The lowest BCUT2D eigenvalue weighted by atomic mass is 9.73. The van der Waals surface area contributed by atoms with E-state index in [1.54, 1.807) is 36.1 Å². The summed E-state index contributed by atoms with van der Waals surface area (Å²) in [5.74, 6) is -0.862. The Kier molecular flexibility index (Phi) is 13.4. The molecular weight excluding hydrogens is 1020 g/mol. The van der Waals surface area contributed by atoms with Crippen LogP contribution in [0.15, 0.2) is 77.9 Å². The fourth-order valence-electron chi connectivity index (χ4n) is 14.6. The second kappa shape index (κ2) is 20.6. The average molecular weight is 1090 g/mol. The number of nitrogens with one attached hydrogen (secondary N) is 3. The van der Waals surface area contributed by atoms with Gasteiger partial charge in [0, 0.05) is 81.0 Å². The zero-order valence-electron chi connectivity index (χ0n) is 46.0. The predicted molar refractivity (Wildman–Crippen MR) is 303 cm³/mol. The molecule has 2 aliphatic carbocycles. The van der Waals surface area contributed by atoms with E-state index in [0.717, 1.165) is 72.3 Å². The Morgan fingerprint density at radius 3 is 2.27 bits per heavy atom. The van der Waals surface area contributed by atoms with Gasteiger partial charge in [-0.05, 0) is 146 Å². The third-order valence-corrected chi connectivity index (χ3v) is 19.1. The number of para-hydroxylation sites is 2. The lowest BCUT2D eigenvalue weighted by molar-refractivity contribution is -0.140. The van der Waals surface area contributed by atoms with E-state index >= 15 is 9.18 Å². The van der Waals surface area contributed by atoms with Gasteiger partial charge in [0.15, 0.2) is 5.82 Å². The van der Waals surface area contributed by atoms with Gasteiger partial charge in [0.25, 0.3) is 0 Å². The maximum Gasteiger partial charge on any atom is 0.329 e. The Balaban J connectivity index is 0.682. The number of imide groups is 1. The van der Waals surface area contributed by atoms with Crippen molar-refractivity contribution >= 4 is 74.5 Å². The zero-order valence-corrected chi connectivity index (χ0v) is 46.0. The molecule has 3 N–H and O–H groups in total. The topological polar surface area (TPSA) is 192 Å². The highest BCUT2D eigenvalue weighted by Gasteiger charge is 2.56. The molecule has 80 heavy (non-hydrogen) atoms. The maximum absolute atomic E-state index is 15.4. The van der Waals surface area contributed by atoms with E-state index in [-0.39, 0.29) is 77.9 Å². The Morgan fingerprint density at radius 2 is 1.52 bits per heavy atom. The monoisotopic (exact) mass is 1090 g/mol. The number of carbonyl (C=O) groups excluding carboxylic acids is 5.